The summed E-state index contributed by atoms with van der Waals surface area (Å²) in [4.78, 5) is 11.9. The van der Waals surface area contributed by atoms with Crippen LogP contribution < -0.4 is 11.1 Å². The molecule has 1 unspecified atom stereocenters. The quantitative estimate of drug-likeness (QED) is 0.698. The molecule has 4 N–H and O–H groups in total. The summed E-state index contributed by atoms with van der Waals surface area (Å²) in [6, 6.07) is 5.15. The topological polar surface area (TPSA) is 75.3 Å². The Kier molecular flexibility index (Phi) is 4.73. The van der Waals surface area contributed by atoms with Gasteiger partial charge in [-0.05, 0) is 44.0 Å². The van der Waals surface area contributed by atoms with Crippen molar-refractivity contribution in [3.8, 4) is 0 Å². The van der Waals surface area contributed by atoms with E-state index in [0.29, 0.717) is 17.7 Å². The summed E-state index contributed by atoms with van der Waals surface area (Å²) in [6.07, 6.45) is 1.54. The van der Waals surface area contributed by atoms with E-state index in [-0.39, 0.29) is 12.5 Å². The first kappa shape index (κ1) is 14.5. The Morgan fingerprint density at radius 3 is 2.72 bits per heavy atom. The van der Waals surface area contributed by atoms with E-state index in [9.17, 15) is 9.90 Å². The average molecular weight is 250 g/mol. The van der Waals surface area contributed by atoms with Crippen LogP contribution in [0.25, 0.3) is 0 Å². The van der Waals surface area contributed by atoms with E-state index in [1.165, 1.54) is 0 Å². The Morgan fingerprint density at radius 2 is 2.17 bits per heavy atom. The fraction of sp³-hybridized carbons (Fsp3) is 0.500. The molecule has 0 saturated heterocycles. The molecule has 100 valence electrons. The van der Waals surface area contributed by atoms with Gasteiger partial charge in [0, 0.05) is 17.8 Å². The van der Waals surface area contributed by atoms with Crippen molar-refractivity contribution in [2.75, 3.05) is 12.3 Å². The zero-order valence-corrected chi connectivity index (χ0v) is 11.3. The molecule has 1 aromatic rings. The van der Waals surface area contributed by atoms with Gasteiger partial charge in [0.2, 0.25) is 0 Å². The molecule has 4 heteroatoms. The second-order valence-electron chi connectivity index (χ2n) is 5.00. The molecule has 0 saturated carbocycles. The van der Waals surface area contributed by atoms with E-state index >= 15 is 0 Å². The van der Waals surface area contributed by atoms with Crippen molar-refractivity contribution >= 4 is 11.6 Å². The van der Waals surface area contributed by atoms with Gasteiger partial charge in [-0.2, -0.15) is 0 Å². The maximum atomic E-state index is 11.9. The largest absolute Gasteiger partial charge is 0.399 e. The van der Waals surface area contributed by atoms with Crippen LogP contribution >= 0.6 is 0 Å². The van der Waals surface area contributed by atoms with Crippen molar-refractivity contribution in [1.82, 2.24) is 5.32 Å². The molecule has 1 amide bonds. The third-order valence-electron chi connectivity index (χ3n) is 2.95. The summed E-state index contributed by atoms with van der Waals surface area (Å²) in [5.41, 5.74) is 6.96. The van der Waals surface area contributed by atoms with E-state index < -0.39 is 5.60 Å². The number of carbonyl (C=O) groups excluding carboxylic acids is 1. The minimum Gasteiger partial charge on any atom is -0.399 e. The van der Waals surface area contributed by atoms with E-state index in [2.05, 4.69) is 5.32 Å². The molecule has 0 aromatic heterocycles. The normalized spacial score (nSPS) is 14.0. The number of aliphatic hydroxyl groups is 1. The van der Waals surface area contributed by atoms with Gasteiger partial charge in [0.05, 0.1) is 5.60 Å². The number of aryl methyl sites for hydroxylation is 1. The van der Waals surface area contributed by atoms with Crippen LogP contribution in [-0.2, 0) is 0 Å². The molecule has 0 bridgehead atoms. The number of nitrogen functional groups attached to an aromatic ring is 1. The number of anilines is 1. The SMILES string of the molecule is CCCC(C)(O)CNC(=O)c1ccc(N)c(C)c1. The second-order valence-corrected chi connectivity index (χ2v) is 5.00. The first-order valence-corrected chi connectivity index (χ1v) is 6.22. The lowest BCUT2D eigenvalue weighted by atomic mass is 10.0. The molecule has 4 nitrogen and oxygen atoms in total. The number of hydrogen-bond donors (Lipinski definition) is 3. The molecule has 0 radical (unpaired) electrons. The lowest BCUT2D eigenvalue weighted by Crippen LogP contribution is -2.40. The summed E-state index contributed by atoms with van der Waals surface area (Å²) in [6.45, 7) is 5.84. The summed E-state index contributed by atoms with van der Waals surface area (Å²) >= 11 is 0. The van der Waals surface area contributed by atoms with E-state index in [4.69, 9.17) is 5.73 Å². The van der Waals surface area contributed by atoms with E-state index in [1.54, 1.807) is 25.1 Å². The van der Waals surface area contributed by atoms with Crippen LogP contribution in [0.1, 0.15) is 42.6 Å². The number of amides is 1. The minimum absolute atomic E-state index is 0.186. The van der Waals surface area contributed by atoms with Gasteiger partial charge in [0.15, 0.2) is 0 Å². The molecule has 0 aliphatic heterocycles. The number of rotatable bonds is 5. The smallest absolute Gasteiger partial charge is 0.251 e. The Morgan fingerprint density at radius 1 is 1.50 bits per heavy atom. The van der Waals surface area contributed by atoms with Crippen LogP contribution in [0.3, 0.4) is 0 Å². The maximum absolute atomic E-state index is 11.9. The predicted octanol–water partition coefficient (Wildman–Crippen LogP) is 1.86. The fourth-order valence-corrected chi connectivity index (χ4v) is 1.82. The van der Waals surface area contributed by atoms with Crippen molar-refractivity contribution in [1.29, 1.82) is 0 Å². The van der Waals surface area contributed by atoms with Crippen molar-refractivity contribution in [2.45, 2.75) is 39.2 Å². The molecule has 1 rings (SSSR count). The van der Waals surface area contributed by atoms with Crippen molar-refractivity contribution in [3.63, 3.8) is 0 Å². The third kappa shape index (κ3) is 4.04. The van der Waals surface area contributed by atoms with Gasteiger partial charge in [-0.3, -0.25) is 4.79 Å². The monoisotopic (exact) mass is 250 g/mol. The number of nitrogens with two attached hydrogens (primary N) is 1. The number of hydrogen-bond acceptors (Lipinski definition) is 3. The average Bonchev–Trinajstić information content (AvgIpc) is 2.30. The van der Waals surface area contributed by atoms with E-state index in [0.717, 1.165) is 12.0 Å². The summed E-state index contributed by atoms with van der Waals surface area (Å²) in [7, 11) is 0. The molecule has 0 aliphatic rings. The third-order valence-corrected chi connectivity index (χ3v) is 2.95. The predicted molar refractivity (Wildman–Crippen MR) is 73.5 cm³/mol. The molecular weight excluding hydrogens is 228 g/mol. The minimum atomic E-state index is -0.854. The summed E-state index contributed by atoms with van der Waals surface area (Å²) < 4.78 is 0. The molecular formula is C14H22N2O2. The fourth-order valence-electron chi connectivity index (χ4n) is 1.82. The van der Waals surface area contributed by atoms with Gasteiger partial charge in [-0.1, -0.05) is 13.3 Å². The van der Waals surface area contributed by atoms with Crippen molar-refractivity contribution < 1.29 is 9.90 Å². The van der Waals surface area contributed by atoms with Gasteiger partial charge in [0.1, 0.15) is 0 Å². The molecule has 1 atom stereocenters. The van der Waals surface area contributed by atoms with Crippen LogP contribution in [0, 0.1) is 6.92 Å². The first-order valence-electron chi connectivity index (χ1n) is 6.22. The van der Waals surface area contributed by atoms with Crippen LogP contribution in [0.5, 0.6) is 0 Å². The van der Waals surface area contributed by atoms with Crippen molar-refractivity contribution in [2.24, 2.45) is 0 Å². The Labute approximate surface area is 108 Å². The first-order chi connectivity index (χ1) is 8.35. The lowest BCUT2D eigenvalue weighted by Gasteiger charge is -2.23. The second kappa shape index (κ2) is 5.87. The standard InChI is InChI=1S/C14H22N2O2/c1-4-7-14(3,18)9-16-13(17)11-5-6-12(15)10(2)8-11/h5-6,8,18H,4,7,9,15H2,1-3H3,(H,16,17). The Hall–Kier alpha value is -1.55. The lowest BCUT2D eigenvalue weighted by molar-refractivity contribution is 0.0469. The van der Waals surface area contributed by atoms with Gasteiger partial charge in [-0.15, -0.1) is 0 Å². The van der Waals surface area contributed by atoms with Gasteiger partial charge in [0.25, 0.3) is 5.91 Å². The highest BCUT2D eigenvalue weighted by molar-refractivity contribution is 5.94. The number of nitrogens with one attached hydrogen (secondary N) is 1. The molecule has 1 aromatic carbocycles. The highest BCUT2D eigenvalue weighted by atomic mass is 16.3. The van der Waals surface area contributed by atoms with Crippen LogP contribution in [0.4, 0.5) is 5.69 Å². The van der Waals surface area contributed by atoms with Gasteiger partial charge in [-0.25, -0.2) is 0 Å². The molecule has 0 fully saturated rings. The molecule has 0 aliphatic carbocycles. The van der Waals surface area contributed by atoms with E-state index in [1.807, 2.05) is 13.8 Å². The zero-order valence-electron chi connectivity index (χ0n) is 11.3. The van der Waals surface area contributed by atoms with Gasteiger partial charge >= 0.3 is 0 Å². The van der Waals surface area contributed by atoms with Gasteiger partial charge < -0.3 is 16.2 Å². The van der Waals surface area contributed by atoms with Crippen LogP contribution in [0.15, 0.2) is 18.2 Å². The summed E-state index contributed by atoms with van der Waals surface area (Å²) in [5.74, 6) is -0.186. The number of benzene rings is 1. The highest BCUT2D eigenvalue weighted by Crippen LogP contribution is 2.14. The Bertz CT molecular complexity index is 428. The molecule has 0 heterocycles. The van der Waals surface area contributed by atoms with Crippen molar-refractivity contribution in [3.05, 3.63) is 29.3 Å². The highest BCUT2D eigenvalue weighted by Gasteiger charge is 2.20. The number of carbonyl (C=O) groups is 1. The van der Waals surface area contributed by atoms with Crippen LogP contribution in [0.2, 0.25) is 0 Å². The molecule has 18 heavy (non-hydrogen) atoms. The van der Waals surface area contributed by atoms with Crippen LogP contribution in [-0.4, -0.2) is 23.2 Å². The molecule has 0 spiro atoms. The maximum Gasteiger partial charge on any atom is 0.251 e. The Balaban J connectivity index is 2.63. The zero-order chi connectivity index (χ0) is 13.8. The summed E-state index contributed by atoms with van der Waals surface area (Å²) in [5, 5.41) is 12.7.